The Hall–Kier alpha value is -2.43. The summed E-state index contributed by atoms with van der Waals surface area (Å²) in [5, 5.41) is 3.09. The highest BCUT2D eigenvalue weighted by atomic mass is 16.5. The van der Waals surface area contributed by atoms with E-state index in [-0.39, 0.29) is 12.1 Å². The summed E-state index contributed by atoms with van der Waals surface area (Å²) >= 11 is 0. The number of urea groups is 1. The second kappa shape index (κ2) is 7.43. The third-order valence-corrected chi connectivity index (χ3v) is 4.75. The molecular weight excluding hydrogens is 302 g/mol. The zero-order valence-electron chi connectivity index (χ0n) is 14.3. The van der Waals surface area contributed by atoms with Crippen molar-refractivity contribution in [3.8, 4) is 5.75 Å². The highest BCUT2D eigenvalue weighted by molar-refractivity contribution is 5.75. The number of methoxy groups -OCH3 is 1. The van der Waals surface area contributed by atoms with Crippen molar-refractivity contribution < 1.29 is 9.53 Å². The number of amides is 2. The first-order valence-electron chi connectivity index (χ1n) is 8.50. The lowest BCUT2D eigenvalue weighted by atomic mass is 10.0. The monoisotopic (exact) mass is 327 g/mol. The molecule has 1 aliphatic heterocycles. The highest BCUT2D eigenvalue weighted by Crippen LogP contribution is 2.26. The van der Waals surface area contributed by atoms with Crippen LogP contribution in [0.25, 0.3) is 0 Å². The first-order chi connectivity index (χ1) is 11.7. The van der Waals surface area contributed by atoms with Crippen LogP contribution in [-0.4, -0.2) is 35.7 Å². The number of rotatable bonds is 4. The lowest BCUT2D eigenvalue weighted by Gasteiger charge is -2.33. The fraction of sp³-hybridized carbons (Fsp3) is 0.421. The summed E-state index contributed by atoms with van der Waals surface area (Å²) in [6, 6.07) is 12.3. The van der Waals surface area contributed by atoms with Crippen LogP contribution in [0.15, 0.2) is 48.8 Å². The van der Waals surface area contributed by atoms with Gasteiger partial charge in [-0.25, -0.2) is 4.79 Å². The van der Waals surface area contributed by atoms with E-state index in [0.29, 0.717) is 6.04 Å². The Balaban J connectivity index is 1.56. The smallest absolute Gasteiger partial charge is 0.317 e. The van der Waals surface area contributed by atoms with Gasteiger partial charge < -0.3 is 19.5 Å². The maximum atomic E-state index is 12.5. The van der Waals surface area contributed by atoms with Crippen molar-refractivity contribution in [1.82, 2.24) is 14.8 Å². The minimum atomic E-state index is -0.0872. The van der Waals surface area contributed by atoms with Gasteiger partial charge in [0, 0.05) is 37.1 Å². The molecule has 2 heterocycles. The summed E-state index contributed by atoms with van der Waals surface area (Å²) in [4.78, 5) is 14.5. The molecule has 5 heteroatoms. The van der Waals surface area contributed by atoms with Crippen LogP contribution in [-0.2, 0) is 0 Å². The molecule has 1 saturated heterocycles. The van der Waals surface area contributed by atoms with Gasteiger partial charge in [-0.15, -0.1) is 0 Å². The summed E-state index contributed by atoms with van der Waals surface area (Å²) in [5.74, 6) is 0.802. The van der Waals surface area contributed by atoms with E-state index in [0.717, 1.165) is 37.2 Å². The molecule has 1 aromatic heterocycles. The number of carbonyl (C=O) groups is 1. The number of aromatic nitrogens is 1. The van der Waals surface area contributed by atoms with Crippen LogP contribution >= 0.6 is 0 Å². The van der Waals surface area contributed by atoms with Gasteiger partial charge in [0.05, 0.1) is 13.2 Å². The van der Waals surface area contributed by atoms with E-state index >= 15 is 0 Å². The standard InChI is InChI=1S/C19H25N3O2/c1-15(17-7-3-4-8-18(17)24-2)20-19(23)22-13-9-16(10-14-22)21-11-5-6-12-21/h3-8,11-12,15-16H,9-10,13-14H2,1-2H3,(H,20,23)/t15-/m1/s1. The molecule has 0 radical (unpaired) electrons. The predicted molar refractivity (Wildman–Crippen MR) is 94.2 cm³/mol. The molecule has 5 nitrogen and oxygen atoms in total. The predicted octanol–water partition coefficient (Wildman–Crippen LogP) is 3.60. The summed E-state index contributed by atoms with van der Waals surface area (Å²) in [5.41, 5.74) is 0.996. The summed E-state index contributed by atoms with van der Waals surface area (Å²) < 4.78 is 7.62. The molecule has 1 aliphatic rings. The van der Waals surface area contributed by atoms with Crippen LogP contribution in [0.1, 0.15) is 37.4 Å². The fourth-order valence-electron chi connectivity index (χ4n) is 3.34. The van der Waals surface area contributed by atoms with Crippen LogP contribution in [0, 0.1) is 0 Å². The molecule has 3 rings (SSSR count). The minimum absolute atomic E-state index is 0.000591. The van der Waals surface area contributed by atoms with E-state index in [9.17, 15) is 4.79 Å². The summed E-state index contributed by atoms with van der Waals surface area (Å²) in [7, 11) is 1.65. The first-order valence-corrected chi connectivity index (χ1v) is 8.50. The zero-order chi connectivity index (χ0) is 16.9. The van der Waals surface area contributed by atoms with Crippen molar-refractivity contribution in [2.45, 2.75) is 31.8 Å². The molecule has 0 bridgehead atoms. The Morgan fingerprint density at radius 2 is 1.83 bits per heavy atom. The van der Waals surface area contributed by atoms with Gasteiger partial charge in [0.25, 0.3) is 0 Å². The largest absolute Gasteiger partial charge is 0.496 e. The first kappa shape index (κ1) is 16.4. The average molecular weight is 327 g/mol. The maximum absolute atomic E-state index is 12.5. The minimum Gasteiger partial charge on any atom is -0.496 e. The molecule has 0 spiro atoms. The third kappa shape index (κ3) is 3.55. The number of para-hydroxylation sites is 1. The molecule has 2 amide bonds. The quantitative estimate of drug-likeness (QED) is 0.932. The Morgan fingerprint density at radius 1 is 1.17 bits per heavy atom. The van der Waals surface area contributed by atoms with Gasteiger partial charge in [-0.2, -0.15) is 0 Å². The van der Waals surface area contributed by atoms with Crippen LogP contribution in [0.2, 0.25) is 0 Å². The zero-order valence-corrected chi connectivity index (χ0v) is 14.3. The second-order valence-electron chi connectivity index (χ2n) is 6.26. The van der Waals surface area contributed by atoms with Crippen molar-refractivity contribution >= 4 is 6.03 Å². The van der Waals surface area contributed by atoms with Gasteiger partial charge in [0.2, 0.25) is 0 Å². The van der Waals surface area contributed by atoms with Crippen LogP contribution in [0.4, 0.5) is 4.79 Å². The van der Waals surface area contributed by atoms with Crippen molar-refractivity contribution in [2.24, 2.45) is 0 Å². The number of ether oxygens (including phenoxy) is 1. The molecule has 2 aromatic rings. The van der Waals surface area contributed by atoms with Crippen LogP contribution in [0.3, 0.4) is 0 Å². The van der Waals surface area contributed by atoms with Gasteiger partial charge in [-0.05, 0) is 38.0 Å². The average Bonchev–Trinajstić information content (AvgIpc) is 3.16. The van der Waals surface area contributed by atoms with Crippen molar-refractivity contribution in [3.05, 3.63) is 54.4 Å². The molecule has 24 heavy (non-hydrogen) atoms. The lowest BCUT2D eigenvalue weighted by molar-refractivity contribution is 0.169. The van der Waals surface area contributed by atoms with Crippen molar-refractivity contribution in [2.75, 3.05) is 20.2 Å². The van der Waals surface area contributed by atoms with Crippen molar-refractivity contribution in [1.29, 1.82) is 0 Å². The van der Waals surface area contributed by atoms with E-state index in [2.05, 4.69) is 22.3 Å². The Labute approximate surface area is 143 Å². The second-order valence-corrected chi connectivity index (χ2v) is 6.26. The molecule has 0 unspecified atom stereocenters. The van der Waals surface area contributed by atoms with Gasteiger partial charge in [-0.1, -0.05) is 18.2 Å². The maximum Gasteiger partial charge on any atom is 0.317 e. The number of hydrogen-bond donors (Lipinski definition) is 1. The number of piperidine rings is 1. The number of benzene rings is 1. The third-order valence-electron chi connectivity index (χ3n) is 4.75. The van der Waals surface area contributed by atoms with Gasteiger partial charge in [0.15, 0.2) is 0 Å². The molecule has 1 N–H and O–H groups in total. The summed E-state index contributed by atoms with van der Waals surface area (Å²) in [6.07, 6.45) is 6.19. The molecule has 1 atom stereocenters. The molecule has 128 valence electrons. The Morgan fingerprint density at radius 3 is 2.50 bits per heavy atom. The Kier molecular flexibility index (Phi) is 5.08. The van der Waals surface area contributed by atoms with Gasteiger partial charge >= 0.3 is 6.03 Å². The van der Waals surface area contributed by atoms with Gasteiger partial charge in [-0.3, -0.25) is 0 Å². The number of nitrogens with one attached hydrogen (secondary N) is 1. The fourth-order valence-corrected chi connectivity index (χ4v) is 3.34. The normalized spacial score (nSPS) is 16.7. The van der Waals surface area contributed by atoms with Crippen molar-refractivity contribution in [3.63, 3.8) is 0 Å². The van der Waals surface area contributed by atoms with Gasteiger partial charge in [0.1, 0.15) is 5.75 Å². The summed E-state index contributed by atoms with van der Waals surface area (Å²) in [6.45, 7) is 3.56. The van der Waals surface area contributed by atoms with Crippen LogP contribution < -0.4 is 10.1 Å². The molecule has 1 aromatic carbocycles. The number of hydrogen-bond acceptors (Lipinski definition) is 2. The van der Waals surface area contributed by atoms with E-state index < -0.39 is 0 Å². The highest BCUT2D eigenvalue weighted by Gasteiger charge is 2.24. The number of nitrogens with zero attached hydrogens (tertiary/aromatic N) is 2. The molecule has 0 aliphatic carbocycles. The Bertz CT molecular complexity index is 661. The van der Waals surface area contributed by atoms with E-state index in [1.165, 1.54) is 0 Å². The topological polar surface area (TPSA) is 46.5 Å². The van der Waals surface area contributed by atoms with Crippen LogP contribution in [0.5, 0.6) is 5.75 Å². The SMILES string of the molecule is COc1ccccc1[C@@H](C)NC(=O)N1CCC(n2cccc2)CC1. The van der Waals surface area contributed by atoms with E-state index in [4.69, 9.17) is 4.74 Å². The molecule has 0 saturated carbocycles. The number of carbonyl (C=O) groups excluding carboxylic acids is 1. The number of likely N-dealkylation sites (tertiary alicyclic amines) is 1. The van der Waals surface area contributed by atoms with E-state index in [1.54, 1.807) is 7.11 Å². The molecular formula is C19H25N3O2. The van der Waals surface area contributed by atoms with E-state index in [1.807, 2.05) is 48.2 Å². The lowest BCUT2D eigenvalue weighted by Crippen LogP contribution is -2.45. The molecule has 1 fully saturated rings.